The molecule has 1 fully saturated rings. The first kappa shape index (κ1) is 16.8. The molecule has 0 radical (unpaired) electrons. The van der Waals surface area contributed by atoms with Crippen molar-refractivity contribution in [3.63, 3.8) is 0 Å². The van der Waals surface area contributed by atoms with Gasteiger partial charge in [-0.25, -0.2) is 9.37 Å². The molecule has 1 aromatic heterocycles. The third kappa shape index (κ3) is 2.99. The second kappa shape index (κ2) is 6.57. The number of carbonyl (C=O) groups is 2. The largest absolute Gasteiger partial charge is 0.343 e. The Labute approximate surface area is 154 Å². The van der Waals surface area contributed by atoms with E-state index < -0.39 is 11.7 Å². The molecule has 1 saturated heterocycles. The van der Waals surface area contributed by atoms with Crippen LogP contribution in [0, 0.1) is 5.82 Å². The second-order valence-corrected chi connectivity index (χ2v) is 6.77. The fourth-order valence-electron chi connectivity index (χ4n) is 3.49. The summed E-state index contributed by atoms with van der Waals surface area (Å²) in [5, 5.41) is 3.01. The Morgan fingerprint density at radius 3 is 3.04 bits per heavy atom. The molecule has 6 nitrogen and oxygen atoms in total. The molecule has 0 spiro atoms. The van der Waals surface area contributed by atoms with Gasteiger partial charge >= 0.3 is 0 Å². The Morgan fingerprint density at radius 2 is 2.23 bits per heavy atom. The number of pyridine rings is 1. The van der Waals surface area contributed by atoms with Crippen LogP contribution in [-0.2, 0) is 9.59 Å². The number of carbonyl (C=O) groups excluding carboxylic acids is 2. The number of hydrogen-bond acceptors (Lipinski definition) is 4. The monoisotopic (exact) mass is 374 g/mol. The van der Waals surface area contributed by atoms with Crippen molar-refractivity contribution in [3.05, 3.63) is 47.4 Å². The summed E-state index contributed by atoms with van der Waals surface area (Å²) in [5.41, 5.74) is 0.862. The van der Waals surface area contributed by atoms with E-state index in [4.69, 9.17) is 11.6 Å². The topological polar surface area (TPSA) is 65.5 Å². The molecule has 134 valence electrons. The molecule has 0 bridgehead atoms. The van der Waals surface area contributed by atoms with Crippen LogP contribution in [0.5, 0.6) is 0 Å². The van der Waals surface area contributed by atoms with E-state index in [0.29, 0.717) is 22.2 Å². The third-order valence-electron chi connectivity index (χ3n) is 4.59. The first-order valence-corrected chi connectivity index (χ1v) is 8.70. The maximum absolute atomic E-state index is 13.3. The van der Waals surface area contributed by atoms with Crippen LogP contribution in [0.15, 0.2) is 36.5 Å². The van der Waals surface area contributed by atoms with Gasteiger partial charge in [0.1, 0.15) is 18.4 Å². The molecule has 1 N–H and O–H groups in total. The minimum absolute atomic E-state index is 0.145. The summed E-state index contributed by atoms with van der Waals surface area (Å²) in [4.78, 5) is 33.1. The van der Waals surface area contributed by atoms with Gasteiger partial charge in [-0.15, -0.1) is 0 Å². The third-order valence-corrected chi connectivity index (χ3v) is 4.80. The number of nitrogens with one attached hydrogen (secondary N) is 1. The minimum Gasteiger partial charge on any atom is -0.343 e. The van der Waals surface area contributed by atoms with Crippen molar-refractivity contribution in [2.75, 3.05) is 28.2 Å². The summed E-state index contributed by atoms with van der Waals surface area (Å²) < 4.78 is 13.3. The van der Waals surface area contributed by atoms with Gasteiger partial charge in [0, 0.05) is 18.4 Å². The van der Waals surface area contributed by atoms with E-state index in [9.17, 15) is 14.0 Å². The molecule has 0 saturated carbocycles. The molecule has 26 heavy (non-hydrogen) atoms. The molecule has 2 aromatic rings. The second-order valence-electron chi connectivity index (χ2n) is 6.33. The average Bonchev–Trinajstić information content (AvgIpc) is 3.08. The van der Waals surface area contributed by atoms with E-state index in [1.807, 2.05) is 4.90 Å². The van der Waals surface area contributed by atoms with Crippen molar-refractivity contribution in [2.24, 2.45) is 0 Å². The maximum atomic E-state index is 13.3. The summed E-state index contributed by atoms with van der Waals surface area (Å²) >= 11 is 6.06. The summed E-state index contributed by atoms with van der Waals surface area (Å²) in [5.74, 6) is -0.343. The molecule has 1 atom stereocenters. The number of nitrogens with zero attached hydrogens (tertiary/aromatic N) is 3. The Kier molecular flexibility index (Phi) is 4.24. The van der Waals surface area contributed by atoms with Crippen molar-refractivity contribution in [2.45, 2.75) is 18.9 Å². The highest BCUT2D eigenvalue weighted by molar-refractivity contribution is 6.31. The zero-order valence-electron chi connectivity index (χ0n) is 13.8. The van der Waals surface area contributed by atoms with Gasteiger partial charge in [0.05, 0.1) is 10.7 Å². The zero-order valence-corrected chi connectivity index (χ0v) is 14.5. The Morgan fingerprint density at radius 1 is 1.38 bits per heavy atom. The predicted octanol–water partition coefficient (Wildman–Crippen LogP) is 2.83. The van der Waals surface area contributed by atoms with Gasteiger partial charge in [-0.1, -0.05) is 17.7 Å². The number of aromatic nitrogens is 1. The lowest BCUT2D eigenvalue weighted by Crippen LogP contribution is -2.53. The summed E-state index contributed by atoms with van der Waals surface area (Å²) in [6.07, 6.45) is 3.16. The molecule has 3 heterocycles. The van der Waals surface area contributed by atoms with Crippen LogP contribution in [0.2, 0.25) is 5.02 Å². The van der Waals surface area contributed by atoms with Gasteiger partial charge < -0.3 is 10.2 Å². The number of benzene rings is 1. The molecule has 1 aromatic carbocycles. The van der Waals surface area contributed by atoms with Crippen LogP contribution in [0.25, 0.3) is 0 Å². The molecule has 2 amide bonds. The van der Waals surface area contributed by atoms with Crippen LogP contribution in [0.1, 0.15) is 12.8 Å². The fraction of sp³-hybridized carbons (Fsp3) is 0.278. The number of fused-ring (bicyclic) bond motifs is 3. The molecule has 2 aliphatic rings. The van der Waals surface area contributed by atoms with Gasteiger partial charge in [-0.05, 0) is 37.1 Å². The van der Waals surface area contributed by atoms with E-state index in [0.717, 1.165) is 19.4 Å². The van der Waals surface area contributed by atoms with Gasteiger partial charge in [-0.3, -0.25) is 14.5 Å². The summed E-state index contributed by atoms with van der Waals surface area (Å²) in [7, 11) is 0. The van der Waals surface area contributed by atoms with Crippen LogP contribution >= 0.6 is 11.6 Å². The highest BCUT2D eigenvalue weighted by Gasteiger charge is 2.42. The smallest absolute Gasteiger partial charge is 0.250 e. The maximum Gasteiger partial charge on any atom is 0.250 e. The Bertz CT molecular complexity index is 891. The first-order chi connectivity index (χ1) is 12.5. The molecule has 0 aliphatic carbocycles. The molecule has 4 rings (SSSR count). The van der Waals surface area contributed by atoms with Crippen molar-refractivity contribution < 1.29 is 14.0 Å². The van der Waals surface area contributed by atoms with E-state index >= 15 is 0 Å². The number of anilines is 3. The van der Waals surface area contributed by atoms with Crippen molar-refractivity contribution in [1.82, 2.24) is 4.98 Å². The van der Waals surface area contributed by atoms with Crippen LogP contribution in [0.3, 0.4) is 0 Å². The van der Waals surface area contributed by atoms with Crippen LogP contribution in [0.4, 0.5) is 21.6 Å². The van der Waals surface area contributed by atoms with Gasteiger partial charge in [0.15, 0.2) is 5.82 Å². The predicted molar refractivity (Wildman–Crippen MR) is 97.0 cm³/mol. The lowest BCUT2D eigenvalue weighted by Gasteiger charge is -2.38. The molecule has 2 aliphatic heterocycles. The van der Waals surface area contributed by atoms with E-state index in [1.54, 1.807) is 12.1 Å². The lowest BCUT2D eigenvalue weighted by molar-refractivity contribution is -0.122. The zero-order chi connectivity index (χ0) is 18.3. The van der Waals surface area contributed by atoms with E-state index in [-0.39, 0.29) is 18.5 Å². The van der Waals surface area contributed by atoms with Gasteiger partial charge in [0.2, 0.25) is 11.8 Å². The quantitative estimate of drug-likeness (QED) is 0.897. The van der Waals surface area contributed by atoms with Crippen molar-refractivity contribution in [1.29, 1.82) is 0 Å². The fourth-order valence-corrected chi connectivity index (χ4v) is 3.64. The van der Waals surface area contributed by atoms with E-state index in [1.165, 1.54) is 29.3 Å². The molecular formula is C18H16ClFN4O2. The van der Waals surface area contributed by atoms with Crippen LogP contribution < -0.4 is 15.1 Å². The number of amides is 2. The SMILES string of the molecule is O=C(CN1C(=O)C2CCCN2c2ncc(Cl)cc21)Nc1cccc(F)c1. The Hall–Kier alpha value is -2.67. The van der Waals surface area contributed by atoms with Crippen molar-refractivity contribution >= 4 is 40.6 Å². The van der Waals surface area contributed by atoms with Gasteiger partial charge in [-0.2, -0.15) is 0 Å². The highest BCUT2D eigenvalue weighted by Crippen LogP contribution is 2.39. The first-order valence-electron chi connectivity index (χ1n) is 8.32. The molecule has 8 heteroatoms. The van der Waals surface area contributed by atoms with Gasteiger partial charge in [0.25, 0.3) is 0 Å². The summed E-state index contributed by atoms with van der Waals surface area (Å²) in [6.45, 7) is 0.566. The summed E-state index contributed by atoms with van der Waals surface area (Å²) in [6, 6.07) is 6.95. The average molecular weight is 375 g/mol. The standard InChI is InChI=1S/C18H16ClFN4O2/c19-11-7-15-17(21-9-11)23-6-2-5-14(23)18(26)24(15)10-16(25)22-13-4-1-3-12(20)8-13/h1,3-4,7-9,14H,2,5-6,10H2,(H,22,25). The Balaban J connectivity index is 1.61. The molecular weight excluding hydrogens is 359 g/mol. The number of rotatable bonds is 3. The molecule has 1 unspecified atom stereocenters. The van der Waals surface area contributed by atoms with Crippen molar-refractivity contribution in [3.8, 4) is 0 Å². The lowest BCUT2D eigenvalue weighted by atomic mass is 10.1. The highest BCUT2D eigenvalue weighted by atomic mass is 35.5. The number of halogens is 2. The normalized spacial score (nSPS) is 18.5. The van der Waals surface area contributed by atoms with E-state index in [2.05, 4.69) is 10.3 Å². The number of hydrogen-bond donors (Lipinski definition) is 1. The minimum atomic E-state index is -0.445. The van der Waals surface area contributed by atoms with Crippen LogP contribution in [-0.4, -0.2) is 35.9 Å².